The highest BCUT2D eigenvalue weighted by Gasteiger charge is 2.21. The van der Waals surface area contributed by atoms with Crippen LogP contribution in [-0.4, -0.2) is 57.4 Å². The lowest BCUT2D eigenvalue weighted by molar-refractivity contribution is -0.121. The van der Waals surface area contributed by atoms with Crippen molar-refractivity contribution < 1.29 is 26.7 Å². The third-order valence-electron chi connectivity index (χ3n) is 4.84. The average molecular weight is 454 g/mol. The number of rotatable bonds is 9. The lowest BCUT2D eigenvalue weighted by Crippen LogP contribution is -2.47. The van der Waals surface area contributed by atoms with Crippen molar-refractivity contribution in [2.75, 3.05) is 37.4 Å². The summed E-state index contributed by atoms with van der Waals surface area (Å²) in [6, 6.07) is 10.9. The number of carbonyl (C=O) groups excluding carboxylic acids is 1. The smallest absolute Gasteiger partial charge is 0.224 e. The summed E-state index contributed by atoms with van der Waals surface area (Å²) < 4.78 is 53.6. The number of nitrogens with one attached hydrogen (secondary N) is 2. The van der Waals surface area contributed by atoms with E-state index in [1.807, 2.05) is 0 Å². The fourth-order valence-electron chi connectivity index (χ4n) is 3.37. The van der Waals surface area contributed by atoms with Crippen molar-refractivity contribution in [3.05, 3.63) is 65.2 Å². The van der Waals surface area contributed by atoms with Crippen LogP contribution < -0.4 is 10.6 Å². The molecule has 0 spiro atoms. The van der Waals surface area contributed by atoms with Crippen molar-refractivity contribution in [2.45, 2.75) is 19.1 Å². The van der Waals surface area contributed by atoms with Gasteiger partial charge >= 0.3 is 0 Å². The number of halogens is 2. The molecule has 2 aromatic carbocycles. The molecule has 1 saturated heterocycles. The molecule has 0 saturated carbocycles. The standard InChI is InChI=1S/C21H25F2N3O4S/c22-19-5-4-16(9-20(19)23)12-26-6-7-30-18(13-26)11-24-21(27)10-15-2-1-3-17(8-15)25-14-31(28)29/h1-5,8-9,18,25,31H,6-7,10-14H2,(H,24,27)/t18-/m0/s1. The van der Waals surface area contributed by atoms with Crippen LogP contribution >= 0.6 is 0 Å². The largest absolute Gasteiger partial charge is 0.374 e. The van der Waals surface area contributed by atoms with Gasteiger partial charge in [-0.2, -0.15) is 0 Å². The maximum absolute atomic E-state index is 13.4. The lowest BCUT2D eigenvalue weighted by Gasteiger charge is -2.33. The molecule has 3 rings (SSSR count). The van der Waals surface area contributed by atoms with Gasteiger partial charge in [-0.25, -0.2) is 17.2 Å². The molecule has 0 aliphatic carbocycles. The highest BCUT2D eigenvalue weighted by atomic mass is 32.2. The first kappa shape index (κ1) is 23.1. The molecule has 2 N–H and O–H groups in total. The molecule has 1 heterocycles. The van der Waals surface area contributed by atoms with Crippen LogP contribution in [0.25, 0.3) is 0 Å². The van der Waals surface area contributed by atoms with E-state index in [2.05, 4.69) is 15.5 Å². The molecule has 10 heteroatoms. The average Bonchev–Trinajstić information content (AvgIpc) is 2.74. The predicted molar refractivity (Wildman–Crippen MR) is 113 cm³/mol. The molecule has 0 radical (unpaired) electrons. The van der Waals surface area contributed by atoms with E-state index >= 15 is 0 Å². The zero-order chi connectivity index (χ0) is 22.2. The summed E-state index contributed by atoms with van der Waals surface area (Å²) in [7, 11) is -2.53. The molecular formula is C21H25F2N3O4S. The minimum atomic E-state index is -2.53. The van der Waals surface area contributed by atoms with Crippen LogP contribution in [0.1, 0.15) is 11.1 Å². The Morgan fingerprint density at radius 3 is 2.74 bits per heavy atom. The molecule has 0 unspecified atom stereocenters. The number of benzene rings is 2. The van der Waals surface area contributed by atoms with Crippen LogP contribution in [0.3, 0.4) is 0 Å². The van der Waals surface area contributed by atoms with Crippen LogP contribution in [0.15, 0.2) is 42.5 Å². The Kier molecular flexibility index (Phi) is 8.33. The Balaban J connectivity index is 1.45. The minimum Gasteiger partial charge on any atom is -0.374 e. The first-order chi connectivity index (χ1) is 14.9. The van der Waals surface area contributed by atoms with Crippen molar-refractivity contribution in [2.24, 2.45) is 0 Å². The number of ether oxygens (including phenoxy) is 1. The summed E-state index contributed by atoms with van der Waals surface area (Å²) >= 11 is 0. The van der Waals surface area contributed by atoms with Gasteiger partial charge in [0.05, 0.1) is 19.1 Å². The second-order valence-electron chi connectivity index (χ2n) is 7.33. The van der Waals surface area contributed by atoms with Crippen LogP contribution in [0.4, 0.5) is 14.5 Å². The molecule has 2 aromatic rings. The Bertz CT molecular complexity index is 979. The van der Waals surface area contributed by atoms with E-state index < -0.39 is 22.3 Å². The minimum absolute atomic E-state index is 0.157. The first-order valence-corrected chi connectivity index (χ1v) is 11.2. The number of thiol groups is 1. The first-order valence-electron chi connectivity index (χ1n) is 9.88. The second kappa shape index (κ2) is 11.2. The van der Waals surface area contributed by atoms with E-state index in [9.17, 15) is 22.0 Å². The fraction of sp³-hybridized carbons (Fsp3) is 0.381. The van der Waals surface area contributed by atoms with Crippen LogP contribution in [-0.2, 0) is 33.2 Å². The SMILES string of the molecule is O=C(Cc1cccc(NC[SH](=O)=O)c1)NC[C@H]1CN(Cc2ccc(F)c(F)c2)CCO1. The second-order valence-corrected chi connectivity index (χ2v) is 8.31. The Morgan fingerprint density at radius 2 is 1.97 bits per heavy atom. The number of hydrogen-bond donors (Lipinski definition) is 3. The van der Waals surface area contributed by atoms with Gasteiger partial charge in [0.15, 0.2) is 22.3 Å². The number of anilines is 1. The van der Waals surface area contributed by atoms with Crippen LogP contribution in [0.2, 0.25) is 0 Å². The zero-order valence-electron chi connectivity index (χ0n) is 16.9. The topological polar surface area (TPSA) is 87.7 Å². The molecule has 1 aliphatic heterocycles. The molecule has 168 valence electrons. The maximum atomic E-state index is 13.4. The van der Waals surface area contributed by atoms with Gasteiger partial charge < -0.3 is 15.4 Å². The molecule has 7 nitrogen and oxygen atoms in total. The molecule has 1 fully saturated rings. The molecule has 0 aromatic heterocycles. The number of hydrogen-bond acceptors (Lipinski definition) is 6. The van der Waals surface area contributed by atoms with Gasteiger partial charge in [-0.15, -0.1) is 0 Å². The summed E-state index contributed by atoms with van der Waals surface area (Å²) in [4.78, 5) is 14.4. The Morgan fingerprint density at radius 1 is 1.13 bits per heavy atom. The number of carbonyl (C=O) groups is 1. The van der Waals surface area contributed by atoms with E-state index in [4.69, 9.17) is 4.74 Å². The molecular weight excluding hydrogens is 428 g/mol. The van der Waals surface area contributed by atoms with Gasteiger partial charge in [0.2, 0.25) is 5.91 Å². The fourth-order valence-corrected chi connectivity index (χ4v) is 3.68. The molecule has 0 bridgehead atoms. The van der Waals surface area contributed by atoms with Gasteiger partial charge in [-0.1, -0.05) is 18.2 Å². The summed E-state index contributed by atoms with van der Waals surface area (Å²) in [5.41, 5.74) is 2.07. The molecule has 1 atom stereocenters. The van der Waals surface area contributed by atoms with Crippen molar-refractivity contribution >= 4 is 22.3 Å². The molecule has 1 aliphatic rings. The van der Waals surface area contributed by atoms with Crippen molar-refractivity contribution in [3.63, 3.8) is 0 Å². The number of amides is 1. The monoisotopic (exact) mass is 453 g/mol. The van der Waals surface area contributed by atoms with Crippen molar-refractivity contribution in [3.8, 4) is 0 Å². The normalized spacial score (nSPS) is 16.9. The van der Waals surface area contributed by atoms with E-state index in [1.165, 1.54) is 6.07 Å². The van der Waals surface area contributed by atoms with E-state index in [-0.39, 0.29) is 24.3 Å². The summed E-state index contributed by atoms with van der Waals surface area (Å²) in [6.07, 6.45) is -0.0472. The number of nitrogens with zero attached hydrogens (tertiary/aromatic N) is 1. The van der Waals surface area contributed by atoms with Crippen molar-refractivity contribution in [1.29, 1.82) is 0 Å². The van der Waals surface area contributed by atoms with Gasteiger partial charge in [0.25, 0.3) is 0 Å². The zero-order valence-corrected chi connectivity index (χ0v) is 17.7. The lowest BCUT2D eigenvalue weighted by atomic mass is 10.1. The summed E-state index contributed by atoms with van der Waals surface area (Å²) in [5, 5.41) is 5.63. The van der Waals surface area contributed by atoms with Crippen LogP contribution in [0, 0.1) is 11.6 Å². The quantitative estimate of drug-likeness (QED) is 0.499. The third-order valence-corrected chi connectivity index (χ3v) is 5.26. The van der Waals surface area contributed by atoms with E-state index in [1.54, 1.807) is 30.3 Å². The summed E-state index contributed by atoms with van der Waals surface area (Å²) in [6.45, 7) is 2.52. The van der Waals surface area contributed by atoms with Gasteiger partial charge in [0, 0.05) is 31.9 Å². The maximum Gasteiger partial charge on any atom is 0.224 e. The van der Waals surface area contributed by atoms with Gasteiger partial charge in [0.1, 0.15) is 5.88 Å². The predicted octanol–water partition coefficient (Wildman–Crippen LogP) is 1.51. The Hall–Kier alpha value is -2.56. The summed E-state index contributed by atoms with van der Waals surface area (Å²) in [5.74, 6) is -2.07. The number of morpholine rings is 1. The van der Waals surface area contributed by atoms with Crippen molar-refractivity contribution in [1.82, 2.24) is 10.2 Å². The highest BCUT2D eigenvalue weighted by molar-refractivity contribution is 7.72. The van der Waals surface area contributed by atoms with E-state index in [0.717, 1.165) is 11.6 Å². The molecule has 31 heavy (non-hydrogen) atoms. The molecule has 1 amide bonds. The van der Waals surface area contributed by atoms with E-state index in [0.29, 0.717) is 44.0 Å². The third kappa shape index (κ3) is 7.57. The Labute approximate surface area is 181 Å². The van der Waals surface area contributed by atoms with Gasteiger partial charge in [-0.3, -0.25) is 9.69 Å². The van der Waals surface area contributed by atoms with Gasteiger partial charge in [-0.05, 0) is 35.4 Å². The highest BCUT2D eigenvalue weighted by Crippen LogP contribution is 2.14. The van der Waals surface area contributed by atoms with Crippen LogP contribution in [0.5, 0.6) is 0 Å².